The fraction of sp³-hybridized carbons (Fsp3) is 0.304. The molecule has 1 aromatic heterocycles. The molecule has 0 N–H and O–H groups in total. The normalized spacial score (nSPS) is 15.8. The number of ether oxygens (including phenoxy) is 1. The Morgan fingerprint density at radius 3 is 2.77 bits per heavy atom. The van der Waals surface area contributed by atoms with Crippen LogP contribution in [-0.4, -0.2) is 34.1 Å². The standard InChI is InChI=1S/C23H22N4O3/c24-15-17-8-10-19(11-9-17)23(28)27-13-4-7-20(27)22-25-21(26-30-22)12-14-29-16-18-5-2-1-3-6-18/h1-3,5-6,8-11,20H,4,7,12-14,16H2. The number of aromatic nitrogens is 2. The molecule has 1 aliphatic rings. The van der Waals surface area contributed by atoms with Crippen LogP contribution in [0.5, 0.6) is 0 Å². The summed E-state index contributed by atoms with van der Waals surface area (Å²) in [5.41, 5.74) is 2.20. The zero-order valence-corrected chi connectivity index (χ0v) is 16.5. The van der Waals surface area contributed by atoms with Crippen molar-refractivity contribution in [1.29, 1.82) is 5.26 Å². The first kappa shape index (κ1) is 19.8. The topological polar surface area (TPSA) is 92.2 Å². The summed E-state index contributed by atoms with van der Waals surface area (Å²) in [5, 5.41) is 13.0. The monoisotopic (exact) mass is 402 g/mol. The van der Waals surface area contributed by atoms with E-state index in [2.05, 4.69) is 16.2 Å². The maximum Gasteiger partial charge on any atom is 0.254 e. The minimum Gasteiger partial charge on any atom is -0.376 e. The van der Waals surface area contributed by atoms with Gasteiger partial charge in [-0.25, -0.2) is 0 Å². The van der Waals surface area contributed by atoms with Crippen LogP contribution in [0.15, 0.2) is 59.1 Å². The van der Waals surface area contributed by atoms with Gasteiger partial charge in [0.1, 0.15) is 6.04 Å². The summed E-state index contributed by atoms with van der Waals surface area (Å²) in [6.07, 6.45) is 2.21. The van der Waals surface area contributed by atoms with Gasteiger partial charge in [-0.3, -0.25) is 4.79 Å². The lowest BCUT2D eigenvalue weighted by Crippen LogP contribution is -2.30. The number of carbonyl (C=O) groups excluding carboxylic acids is 1. The molecule has 0 bridgehead atoms. The first-order valence-electron chi connectivity index (χ1n) is 10.00. The Hall–Kier alpha value is -3.50. The Morgan fingerprint density at radius 1 is 1.20 bits per heavy atom. The summed E-state index contributed by atoms with van der Waals surface area (Å²) in [5.74, 6) is 0.955. The predicted molar refractivity (Wildman–Crippen MR) is 108 cm³/mol. The lowest BCUT2D eigenvalue weighted by molar-refractivity contribution is 0.0710. The highest BCUT2D eigenvalue weighted by Gasteiger charge is 2.34. The number of likely N-dealkylation sites (tertiary alicyclic amines) is 1. The second-order valence-corrected chi connectivity index (χ2v) is 7.18. The number of carbonyl (C=O) groups is 1. The van der Waals surface area contributed by atoms with Gasteiger partial charge in [0, 0.05) is 18.5 Å². The second kappa shape index (κ2) is 9.33. The van der Waals surface area contributed by atoms with Crippen LogP contribution in [0.2, 0.25) is 0 Å². The maximum atomic E-state index is 12.9. The molecule has 2 heterocycles. The predicted octanol–water partition coefficient (Wildman–Crippen LogP) is 3.68. The zero-order valence-electron chi connectivity index (χ0n) is 16.5. The highest BCUT2D eigenvalue weighted by molar-refractivity contribution is 5.94. The quantitative estimate of drug-likeness (QED) is 0.560. The molecule has 1 unspecified atom stereocenters. The third-order valence-corrected chi connectivity index (χ3v) is 5.13. The number of nitrogens with zero attached hydrogens (tertiary/aromatic N) is 4. The summed E-state index contributed by atoms with van der Waals surface area (Å²) in [6.45, 7) is 1.68. The van der Waals surface area contributed by atoms with Crippen LogP contribution in [0.4, 0.5) is 0 Å². The third kappa shape index (κ3) is 4.56. The fourth-order valence-corrected chi connectivity index (χ4v) is 3.55. The Morgan fingerprint density at radius 2 is 2.00 bits per heavy atom. The van der Waals surface area contributed by atoms with E-state index >= 15 is 0 Å². The molecule has 152 valence electrons. The van der Waals surface area contributed by atoms with E-state index in [9.17, 15) is 4.79 Å². The molecule has 0 aliphatic carbocycles. The van der Waals surface area contributed by atoms with Crippen LogP contribution in [-0.2, 0) is 17.8 Å². The molecule has 0 radical (unpaired) electrons. The lowest BCUT2D eigenvalue weighted by atomic mass is 10.1. The van der Waals surface area contributed by atoms with Gasteiger partial charge < -0.3 is 14.2 Å². The van der Waals surface area contributed by atoms with E-state index in [1.807, 2.05) is 30.3 Å². The summed E-state index contributed by atoms with van der Waals surface area (Å²) in [7, 11) is 0. The van der Waals surface area contributed by atoms with Crippen LogP contribution in [0.1, 0.15) is 52.1 Å². The van der Waals surface area contributed by atoms with Gasteiger partial charge in [-0.1, -0.05) is 35.5 Å². The van der Waals surface area contributed by atoms with Gasteiger partial charge in [0.15, 0.2) is 5.82 Å². The molecule has 30 heavy (non-hydrogen) atoms. The van der Waals surface area contributed by atoms with Crippen LogP contribution in [0.25, 0.3) is 0 Å². The van der Waals surface area contributed by atoms with Crippen LogP contribution < -0.4 is 0 Å². The highest BCUT2D eigenvalue weighted by atomic mass is 16.5. The van der Waals surface area contributed by atoms with E-state index in [1.165, 1.54) is 0 Å². The van der Waals surface area contributed by atoms with Gasteiger partial charge in [-0.15, -0.1) is 0 Å². The first-order valence-corrected chi connectivity index (χ1v) is 10.00. The Labute approximate surface area is 174 Å². The van der Waals surface area contributed by atoms with E-state index in [0.29, 0.717) is 49.0 Å². The number of hydrogen-bond acceptors (Lipinski definition) is 6. The van der Waals surface area contributed by atoms with Crippen molar-refractivity contribution in [2.24, 2.45) is 0 Å². The van der Waals surface area contributed by atoms with Crippen molar-refractivity contribution in [2.45, 2.75) is 31.9 Å². The molecular weight excluding hydrogens is 380 g/mol. The van der Waals surface area contributed by atoms with Crippen molar-refractivity contribution >= 4 is 5.91 Å². The highest BCUT2D eigenvalue weighted by Crippen LogP contribution is 2.32. The molecule has 7 nitrogen and oxygen atoms in total. The Kier molecular flexibility index (Phi) is 6.16. The summed E-state index contributed by atoms with van der Waals surface area (Å²) >= 11 is 0. The van der Waals surface area contributed by atoms with E-state index in [-0.39, 0.29) is 11.9 Å². The van der Waals surface area contributed by atoms with Crippen LogP contribution in [0, 0.1) is 11.3 Å². The lowest BCUT2D eigenvalue weighted by Gasteiger charge is -2.21. The van der Waals surface area contributed by atoms with Crippen LogP contribution in [0.3, 0.4) is 0 Å². The first-order chi connectivity index (χ1) is 14.7. The minimum atomic E-state index is -0.223. The Bertz CT molecular complexity index is 1020. The van der Waals surface area contributed by atoms with Crippen molar-refractivity contribution in [3.8, 4) is 6.07 Å². The molecule has 0 spiro atoms. The molecule has 2 aromatic carbocycles. The van der Waals surface area contributed by atoms with Gasteiger partial charge in [-0.05, 0) is 42.7 Å². The average Bonchev–Trinajstić information content (AvgIpc) is 3.46. The fourth-order valence-electron chi connectivity index (χ4n) is 3.55. The van der Waals surface area contributed by atoms with Gasteiger partial charge >= 0.3 is 0 Å². The molecule has 1 atom stereocenters. The van der Waals surface area contributed by atoms with Crippen molar-refractivity contribution in [3.63, 3.8) is 0 Å². The van der Waals surface area contributed by atoms with Crippen molar-refractivity contribution in [1.82, 2.24) is 15.0 Å². The van der Waals surface area contributed by atoms with Gasteiger partial charge in [0.25, 0.3) is 5.91 Å². The average molecular weight is 402 g/mol. The number of nitriles is 1. The molecule has 1 amide bonds. The number of benzene rings is 2. The molecule has 3 aromatic rings. The van der Waals surface area contributed by atoms with E-state index < -0.39 is 0 Å². The summed E-state index contributed by atoms with van der Waals surface area (Å²) in [6, 6.07) is 18.5. The minimum absolute atomic E-state index is 0.0899. The molecule has 1 fully saturated rings. The molecule has 1 aliphatic heterocycles. The zero-order chi connectivity index (χ0) is 20.8. The molecule has 4 rings (SSSR count). The number of hydrogen-bond donors (Lipinski definition) is 0. The van der Waals surface area contributed by atoms with Crippen LogP contribution >= 0.6 is 0 Å². The van der Waals surface area contributed by atoms with E-state index in [0.717, 1.165) is 18.4 Å². The van der Waals surface area contributed by atoms with Crippen molar-refractivity contribution < 1.29 is 14.1 Å². The van der Waals surface area contributed by atoms with Gasteiger partial charge in [-0.2, -0.15) is 10.2 Å². The maximum absolute atomic E-state index is 12.9. The largest absolute Gasteiger partial charge is 0.376 e. The number of amides is 1. The van der Waals surface area contributed by atoms with E-state index in [4.69, 9.17) is 14.5 Å². The van der Waals surface area contributed by atoms with Gasteiger partial charge in [0.2, 0.25) is 5.89 Å². The van der Waals surface area contributed by atoms with E-state index in [1.54, 1.807) is 29.2 Å². The van der Waals surface area contributed by atoms with Gasteiger partial charge in [0.05, 0.1) is 24.8 Å². The summed E-state index contributed by atoms with van der Waals surface area (Å²) < 4.78 is 11.1. The third-order valence-electron chi connectivity index (χ3n) is 5.13. The van der Waals surface area contributed by atoms with Crippen molar-refractivity contribution in [3.05, 3.63) is 83.0 Å². The molecule has 7 heteroatoms. The second-order valence-electron chi connectivity index (χ2n) is 7.18. The summed E-state index contributed by atoms with van der Waals surface area (Å²) in [4.78, 5) is 19.2. The molecule has 1 saturated heterocycles. The number of rotatable bonds is 7. The van der Waals surface area contributed by atoms with Crippen molar-refractivity contribution in [2.75, 3.05) is 13.2 Å². The molecular formula is C23H22N4O3. The SMILES string of the molecule is N#Cc1ccc(C(=O)N2CCCC2c2nc(CCOCc3ccccc3)no2)cc1. The Balaban J connectivity index is 1.34. The molecule has 0 saturated carbocycles. The smallest absolute Gasteiger partial charge is 0.254 e.